The lowest BCUT2D eigenvalue weighted by Gasteiger charge is -2.21. The lowest BCUT2D eigenvalue weighted by Crippen LogP contribution is -2.47. The first-order valence-corrected chi connectivity index (χ1v) is 9.71. The molecule has 3 rings (SSSR count). The lowest BCUT2D eigenvalue weighted by atomic mass is 10.1. The first-order chi connectivity index (χ1) is 13.8. The maximum absolute atomic E-state index is 13.4. The van der Waals surface area contributed by atoms with Gasteiger partial charge >= 0.3 is 0 Å². The van der Waals surface area contributed by atoms with Crippen molar-refractivity contribution >= 4 is 34.5 Å². The van der Waals surface area contributed by atoms with Gasteiger partial charge in [-0.1, -0.05) is 35.9 Å². The van der Waals surface area contributed by atoms with Gasteiger partial charge < -0.3 is 11.1 Å². The molecule has 2 aromatic heterocycles. The zero-order chi connectivity index (χ0) is 21.1. The maximum Gasteiger partial charge on any atom is 0.264 e. The topological polar surface area (TPSA) is 85.8 Å². The molecule has 150 valence electrons. The van der Waals surface area contributed by atoms with Gasteiger partial charge in [-0.05, 0) is 51.1 Å². The van der Waals surface area contributed by atoms with E-state index in [1.165, 1.54) is 0 Å². The van der Waals surface area contributed by atoms with Crippen LogP contribution < -0.4 is 27.0 Å². The van der Waals surface area contributed by atoms with Gasteiger partial charge in [-0.25, -0.2) is 4.98 Å². The quantitative estimate of drug-likeness (QED) is 0.692. The first-order valence-electron chi connectivity index (χ1n) is 9.33. The highest BCUT2D eigenvalue weighted by molar-refractivity contribution is 6.44. The highest BCUT2D eigenvalue weighted by Gasteiger charge is 2.16. The molecule has 3 N–H and O–H groups in total. The summed E-state index contributed by atoms with van der Waals surface area (Å²) >= 11 is 6.29. The van der Waals surface area contributed by atoms with E-state index in [2.05, 4.69) is 15.3 Å². The number of benzene rings is 1. The molecule has 0 aliphatic rings. The highest BCUT2D eigenvalue weighted by Crippen LogP contribution is 2.19. The fourth-order valence-corrected chi connectivity index (χ4v) is 3.54. The Morgan fingerprint density at radius 3 is 2.52 bits per heavy atom. The SMILES string of the molecule is CC=c1cc(C(C)Nc2cc(C)nc(N)n2)n(-c2ccccc2)c(=O)c1=C(C)Cl. The molecule has 0 saturated carbocycles. The van der Waals surface area contributed by atoms with Crippen molar-refractivity contribution in [3.63, 3.8) is 0 Å². The Hall–Kier alpha value is -3.12. The summed E-state index contributed by atoms with van der Waals surface area (Å²) in [5.41, 5.74) is 7.92. The standard InChI is InChI=1S/C22H24ClN5O/c1-5-16-12-18(15(4)26-19-11-13(2)25-22(24)27-19)28(17-9-7-6-8-10-17)21(29)20(16)14(3)23/h5-12,15H,1-4H3,(H3,24,25,26,27). The largest absolute Gasteiger partial charge is 0.368 e. The second-order valence-corrected chi connectivity index (χ2v) is 7.38. The number of rotatable bonds is 4. The summed E-state index contributed by atoms with van der Waals surface area (Å²) in [7, 11) is 0. The lowest BCUT2D eigenvalue weighted by molar-refractivity contribution is 0.759. The number of pyridine rings is 1. The van der Waals surface area contributed by atoms with Crippen LogP contribution in [0.3, 0.4) is 0 Å². The van der Waals surface area contributed by atoms with Crippen molar-refractivity contribution in [2.75, 3.05) is 11.1 Å². The third-order valence-electron chi connectivity index (χ3n) is 4.62. The number of anilines is 2. The number of hydrogen-bond acceptors (Lipinski definition) is 5. The Morgan fingerprint density at radius 1 is 1.24 bits per heavy atom. The fourth-order valence-electron chi connectivity index (χ4n) is 3.35. The Kier molecular flexibility index (Phi) is 6.03. The van der Waals surface area contributed by atoms with E-state index >= 15 is 0 Å². The molecule has 0 amide bonds. The zero-order valence-corrected chi connectivity index (χ0v) is 17.7. The van der Waals surface area contributed by atoms with Crippen LogP contribution in [0.25, 0.3) is 16.8 Å². The minimum atomic E-state index is -0.236. The molecule has 0 saturated heterocycles. The van der Waals surface area contributed by atoms with Crippen molar-refractivity contribution in [3.8, 4) is 5.69 Å². The Balaban J connectivity index is 2.26. The van der Waals surface area contributed by atoms with E-state index in [1.807, 2.05) is 69.3 Å². The predicted molar refractivity (Wildman–Crippen MR) is 120 cm³/mol. The van der Waals surface area contributed by atoms with Crippen molar-refractivity contribution in [2.24, 2.45) is 0 Å². The molecule has 6 nitrogen and oxygen atoms in total. The molecule has 1 unspecified atom stereocenters. The number of aryl methyl sites for hydroxylation is 1. The van der Waals surface area contributed by atoms with Gasteiger partial charge in [-0.2, -0.15) is 4.98 Å². The average Bonchev–Trinajstić information content (AvgIpc) is 2.66. The second-order valence-electron chi connectivity index (χ2n) is 6.82. The number of nitrogens with zero attached hydrogens (tertiary/aromatic N) is 3. The van der Waals surface area contributed by atoms with Crippen LogP contribution in [0.2, 0.25) is 0 Å². The Morgan fingerprint density at radius 2 is 1.93 bits per heavy atom. The molecule has 0 aliphatic heterocycles. The van der Waals surface area contributed by atoms with Gasteiger partial charge in [-0.3, -0.25) is 9.36 Å². The van der Waals surface area contributed by atoms with E-state index in [9.17, 15) is 4.79 Å². The van der Waals surface area contributed by atoms with Crippen LogP contribution >= 0.6 is 11.6 Å². The van der Waals surface area contributed by atoms with Crippen LogP contribution in [-0.2, 0) is 0 Å². The van der Waals surface area contributed by atoms with Crippen molar-refractivity contribution < 1.29 is 0 Å². The molecule has 29 heavy (non-hydrogen) atoms. The summed E-state index contributed by atoms with van der Waals surface area (Å²) < 4.78 is 1.68. The van der Waals surface area contributed by atoms with Crippen molar-refractivity contribution in [1.82, 2.24) is 14.5 Å². The minimum Gasteiger partial charge on any atom is -0.368 e. The number of nitrogen functional groups attached to an aromatic ring is 1. The van der Waals surface area contributed by atoms with Crippen LogP contribution in [0.15, 0.2) is 47.3 Å². The predicted octanol–water partition coefficient (Wildman–Crippen LogP) is 2.86. The number of nitrogens with one attached hydrogen (secondary N) is 1. The third-order valence-corrected chi connectivity index (χ3v) is 4.81. The number of nitrogens with two attached hydrogens (primary N) is 1. The molecule has 1 aromatic carbocycles. The second kappa shape index (κ2) is 8.49. The van der Waals surface area contributed by atoms with Crippen LogP contribution in [-0.4, -0.2) is 14.5 Å². The van der Waals surface area contributed by atoms with Gasteiger partial charge in [0.2, 0.25) is 5.95 Å². The average molecular weight is 410 g/mol. The van der Waals surface area contributed by atoms with Crippen LogP contribution in [0.5, 0.6) is 0 Å². The molecule has 7 heteroatoms. The normalized spacial score (nSPS) is 13.9. The molecule has 3 aromatic rings. The van der Waals surface area contributed by atoms with Crippen molar-refractivity contribution in [3.05, 3.63) is 74.6 Å². The molecule has 0 radical (unpaired) electrons. The summed E-state index contributed by atoms with van der Waals surface area (Å²) in [6, 6.07) is 13.1. The smallest absolute Gasteiger partial charge is 0.264 e. The number of hydrogen-bond donors (Lipinski definition) is 2. The van der Waals surface area contributed by atoms with Crippen molar-refractivity contribution in [2.45, 2.75) is 33.7 Å². The van der Waals surface area contributed by atoms with Gasteiger partial charge in [0.25, 0.3) is 5.56 Å². The molecular formula is C22H24ClN5O. The van der Waals surface area contributed by atoms with Crippen molar-refractivity contribution in [1.29, 1.82) is 0 Å². The van der Waals surface area contributed by atoms with E-state index in [1.54, 1.807) is 11.5 Å². The molecule has 0 spiro atoms. The van der Waals surface area contributed by atoms with Gasteiger partial charge in [0.15, 0.2) is 0 Å². The van der Waals surface area contributed by atoms with E-state index in [0.29, 0.717) is 16.1 Å². The van der Waals surface area contributed by atoms with Crippen LogP contribution in [0.1, 0.15) is 38.2 Å². The van der Waals surface area contributed by atoms with Gasteiger partial charge in [-0.15, -0.1) is 0 Å². The fraction of sp³-hybridized carbons (Fsp3) is 0.227. The van der Waals surface area contributed by atoms with Gasteiger partial charge in [0.05, 0.1) is 11.3 Å². The summed E-state index contributed by atoms with van der Waals surface area (Å²) in [4.78, 5) is 21.8. The summed E-state index contributed by atoms with van der Waals surface area (Å²) in [6.07, 6.45) is 1.89. The molecule has 0 aliphatic carbocycles. The monoisotopic (exact) mass is 409 g/mol. The van der Waals surface area contributed by atoms with E-state index in [4.69, 9.17) is 17.3 Å². The molecule has 0 fully saturated rings. The Labute approximate surface area is 174 Å². The maximum atomic E-state index is 13.4. The van der Waals surface area contributed by atoms with Crippen LogP contribution in [0, 0.1) is 6.92 Å². The van der Waals surface area contributed by atoms with Gasteiger partial charge in [0, 0.05) is 28.2 Å². The number of aromatic nitrogens is 3. The summed E-state index contributed by atoms with van der Waals surface area (Å²) in [5, 5.41) is 5.08. The first kappa shape index (κ1) is 20.6. The van der Waals surface area contributed by atoms with E-state index in [0.717, 1.165) is 22.3 Å². The molecule has 0 bridgehead atoms. The summed E-state index contributed by atoms with van der Waals surface area (Å²) in [6.45, 7) is 7.44. The molecule has 1 atom stereocenters. The number of halogens is 1. The highest BCUT2D eigenvalue weighted by atomic mass is 35.5. The third kappa shape index (κ3) is 4.32. The number of para-hydroxylation sites is 1. The van der Waals surface area contributed by atoms with Crippen LogP contribution in [0.4, 0.5) is 11.8 Å². The van der Waals surface area contributed by atoms with E-state index in [-0.39, 0.29) is 17.5 Å². The molecule has 2 heterocycles. The molecular weight excluding hydrogens is 386 g/mol. The minimum absolute atomic E-state index is 0.165. The van der Waals surface area contributed by atoms with Gasteiger partial charge in [0.1, 0.15) is 5.82 Å². The Bertz CT molecular complexity index is 1190. The summed E-state index contributed by atoms with van der Waals surface area (Å²) in [5.74, 6) is 0.797. The zero-order valence-electron chi connectivity index (χ0n) is 16.9. The van der Waals surface area contributed by atoms with E-state index < -0.39 is 0 Å².